The zero-order valence-electron chi connectivity index (χ0n) is 7.86. The molecule has 0 bridgehead atoms. The number of esters is 1. The van der Waals surface area contributed by atoms with Gasteiger partial charge < -0.3 is 14.9 Å². The van der Waals surface area contributed by atoms with Gasteiger partial charge in [0.2, 0.25) is 5.75 Å². The summed E-state index contributed by atoms with van der Waals surface area (Å²) in [6.07, 6.45) is 0.918. The van der Waals surface area contributed by atoms with Crippen molar-refractivity contribution in [2.45, 2.75) is 19.8 Å². The molecular weight excluding hydrogens is 184 g/mol. The minimum atomic E-state index is -0.468. The van der Waals surface area contributed by atoms with Crippen molar-refractivity contribution < 1.29 is 19.7 Å². The number of phenolic OH excluding ortho intramolecular Hbond substituents is 2. The lowest BCUT2D eigenvalue weighted by Gasteiger charge is -2.06. The topological polar surface area (TPSA) is 66.8 Å². The molecule has 0 heterocycles. The molecule has 2 N–H and O–H groups in total. The highest BCUT2D eigenvalue weighted by atomic mass is 16.5. The number of rotatable bonds is 3. The van der Waals surface area contributed by atoms with Gasteiger partial charge >= 0.3 is 5.97 Å². The van der Waals surface area contributed by atoms with Crippen LogP contribution in [-0.2, 0) is 4.79 Å². The average Bonchev–Trinajstić information content (AvgIpc) is 2.12. The minimum absolute atomic E-state index is 0.175. The van der Waals surface area contributed by atoms with Crippen molar-refractivity contribution in [3.05, 3.63) is 18.2 Å². The van der Waals surface area contributed by atoms with Gasteiger partial charge in [-0.15, -0.1) is 0 Å². The van der Waals surface area contributed by atoms with E-state index in [4.69, 9.17) is 4.74 Å². The Labute approximate surface area is 81.8 Å². The molecule has 14 heavy (non-hydrogen) atoms. The van der Waals surface area contributed by atoms with Gasteiger partial charge in [0.1, 0.15) is 0 Å². The molecule has 1 rings (SSSR count). The third kappa shape index (κ3) is 2.39. The van der Waals surface area contributed by atoms with Gasteiger partial charge in [0.15, 0.2) is 11.5 Å². The Morgan fingerprint density at radius 3 is 2.43 bits per heavy atom. The van der Waals surface area contributed by atoms with E-state index < -0.39 is 5.97 Å². The molecule has 0 aliphatic carbocycles. The van der Waals surface area contributed by atoms with Crippen LogP contribution in [0.4, 0.5) is 0 Å². The second-order valence-electron chi connectivity index (χ2n) is 2.85. The number of hydrogen-bond donors (Lipinski definition) is 2. The first-order chi connectivity index (χ1) is 6.65. The molecule has 0 aliphatic heterocycles. The number of para-hydroxylation sites is 1. The summed E-state index contributed by atoms with van der Waals surface area (Å²) in [5, 5.41) is 18.5. The van der Waals surface area contributed by atoms with E-state index in [1.165, 1.54) is 18.2 Å². The Bertz CT molecular complexity index is 313. The van der Waals surface area contributed by atoms with Gasteiger partial charge in [0, 0.05) is 6.42 Å². The Morgan fingerprint density at radius 1 is 1.36 bits per heavy atom. The van der Waals surface area contributed by atoms with Crippen molar-refractivity contribution in [2.24, 2.45) is 0 Å². The molecule has 0 saturated carbocycles. The van der Waals surface area contributed by atoms with E-state index in [-0.39, 0.29) is 23.7 Å². The number of carbonyl (C=O) groups excluding carboxylic acids is 1. The molecule has 0 fully saturated rings. The summed E-state index contributed by atoms with van der Waals surface area (Å²) in [6, 6.07) is 4.14. The maximum atomic E-state index is 11.1. The molecule has 1 aromatic rings. The van der Waals surface area contributed by atoms with Crippen LogP contribution in [0.15, 0.2) is 18.2 Å². The Kier molecular flexibility index (Phi) is 3.34. The summed E-state index contributed by atoms with van der Waals surface area (Å²) in [5.41, 5.74) is 0. The average molecular weight is 196 g/mol. The monoisotopic (exact) mass is 196 g/mol. The maximum Gasteiger partial charge on any atom is 0.311 e. The maximum absolute atomic E-state index is 11.1. The largest absolute Gasteiger partial charge is 0.504 e. The molecule has 0 saturated heterocycles. The second-order valence-corrected chi connectivity index (χ2v) is 2.85. The van der Waals surface area contributed by atoms with Gasteiger partial charge in [-0.1, -0.05) is 13.0 Å². The van der Waals surface area contributed by atoms with Crippen LogP contribution in [0.3, 0.4) is 0 Å². The summed E-state index contributed by atoms with van der Waals surface area (Å²) in [5.74, 6) is -1.13. The van der Waals surface area contributed by atoms with E-state index in [2.05, 4.69) is 0 Å². The number of ether oxygens (including phenoxy) is 1. The Hall–Kier alpha value is -1.71. The summed E-state index contributed by atoms with van der Waals surface area (Å²) in [6.45, 7) is 1.84. The lowest BCUT2D eigenvalue weighted by Crippen LogP contribution is -2.07. The highest BCUT2D eigenvalue weighted by Crippen LogP contribution is 2.35. The highest BCUT2D eigenvalue weighted by molar-refractivity contribution is 5.74. The molecule has 1 aromatic carbocycles. The molecule has 0 aromatic heterocycles. The molecule has 0 aliphatic rings. The molecule has 0 spiro atoms. The molecule has 0 atom stereocenters. The van der Waals surface area contributed by atoms with E-state index in [1.54, 1.807) is 0 Å². The van der Waals surface area contributed by atoms with Crippen molar-refractivity contribution in [3.63, 3.8) is 0 Å². The first kappa shape index (κ1) is 10.4. The lowest BCUT2D eigenvalue weighted by atomic mass is 10.3. The smallest absolute Gasteiger partial charge is 0.311 e. The lowest BCUT2D eigenvalue weighted by molar-refractivity contribution is -0.134. The normalized spacial score (nSPS) is 9.79. The van der Waals surface area contributed by atoms with E-state index >= 15 is 0 Å². The first-order valence-corrected chi connectivity index (χ1v) is 4.36. The quantitative estimate of drug-likeness (QED) is 0.571. The molecular formula is C10H12O4. The molecule has 0 amide bonds. The van der Waals surface area contributed by atoms with Gasteiger partial charge in [0.05, 0.1) is 0 Å². The fourth-order valence-electron chi connectivity index (χ4n) is 0.987. The molecule has 4 nitrogen and oxygen atoms in total. The van der Waals surface area contributed by atoms with Crippen LogP contribution in [0.25, 0.3) is 0 Å². The van der Waals surface area contributed by atoms with E-state index in [0.29, 0.717) is 6.42 Å². The second kappa shape index (κ2) is 4.50. The zero-order chi connectivity index (χ0) is 10.6. The van der Waals surface area contributed by atoms with Crippen LogP contribution in [0.1, 0.15) is 19.8 Å². The van der Waals surface area contributed by atoms with E-state index in [0.717, 1.165) is 0 Å². The highest BCUT2D eigenvalue weighted by Gasteiger charge is 2.12. The predicted molar refractivity (Wildman–Crippen MR) is 50.3 cm³/mol. The molecule has 4 heteroatoms. The van der Waals surface area contributed by atoms with Gasteiger partial charge in [-0.25, -0.2) is 0 Å². The summed E-state index contributed by atoms with van der Waals surface area (Å²) < 4.78 is 4.78. The van der Waals surface area contributed by atoms with Gasteiger partial charge in [-0.3, -0.25) is 4.79 Å². The SMILES string of the molecule is CCCC(=O)Oc1c(O)cccc1O. The van der Waals surface area contributed by atoms with Crippen LogP contribution >= 0.6 is 0 Å². The fraction of sp³-hybridized carbons (Fsp3) is 0.300. The zero-order valence-corrected chi connectivity index (χ0v) is 7.86. The molecule has 0 radical (unpaired) electrons. The van der Waals surface area contributed by atoms with E-state index in [1.807, 2.05) is 6.92 Å². The van der Waals surface area contributed by atoms with Crippen LogP contribution in [0.5, 0.6) is 17.2 Å². The number of aromatic hydroxyl groups is 2. The van der Waals surface area contributed by atoms with Crippen LogP contribution < -0.4 is 4.74 Å². The van der Waals surface area contributed by atoms with Crippen molar-refractivity contribution in [1.82, 2.24) is 0 Å². The third-order valence-electron chi connectivity index (χ3n) is 1.64. The number of phenols is 2. The fourth-order valence-corrected chi connectivity index (χ4v) is 0.987. The van der Waals surface area contributed by atoms with Crippen molar-refractivity contribution in [3.8, 4) is 17.2 Å². The van der Waals surface area contributed by atoms with Gasteiger partial charge in [-0.05, 0) is 18.6 Å². The Morgan fingerprint density at radius 2 is 1.93 bits per heavy atom. The predicted octanol–water partition coefficient (Wildman–Crippen LogP) is 1.80. The van der Waals surface area contributed by atoms with Crippen molar-refractivity contribution in [2.75, 3.05) is 0 Å². The number of hydrogen-bond acceptors (Lipinski definition) is 4. The van der Waals surface area contributed by atoms with Gasteiger partial charge in [-0.2, -0.15) is 0 Å². The van der Waals surface area contributed by atoms with Crippen molar-refractivity contribution in [1.29, 1.82) is 0 Å². The third-order valence-corrected chi connectivity index (χ3v) is 1.64. The van der Waals surface area contributed by atoms with Crippen LogP contribution in [0, 0.1) is 0 Å². The molecule has 76 valence electrons. The van der Waals surface area contributed by atoms with Crippen LogP contribution in [0.2, 0.25) is 0 Å². The standard InChI is InChI=1S/C10H12O4/c1-2-4-9(13)14-10-7(11)5-3-6-8(10)12/h3,5-6,11-12H,2,4H2,1H3. The van der Waals surface area contributed by atoms with Crippen molar-refractivity contribution >= 4 is 5.97 Å². The summed E-state index contributed by atoms with van der Waals surface area (Å²) in [7, 11) is 0. The minimum Gasteiger partial charge on any atom is -0.504 e. The number of benzene rings is 1. The Balaban J connectivity index is 2.80. The van der Waals surface area contributed by atoms with Gasteiger partial charge in [0.25, 0.3) is 0 Å². The van der Waals surface area contributed by atoms with E-state index in [9.17, 15) is 15.0 Å². The first-order valence-electron chi connectivity index (χ1n) is 4.36. The summed E-state index contributed by atoms with van der Waals surface area (Å²) in [4.78, 5) is 11.1. The summed E-state index contributed by atoms with van der Waals surface area (Å²) >= 11 is 0. The number of carbonyl (C=O) groups is 1. The van der Waals surface area contributed by atoms with Crippen LogP contribution in [-0.4, -0.2) is 16.2 Å². The molecule has 0 unspecified atom stereocenters.